The molecule has 1 aromatic rings. The van der Waals surface area contributed by atoms with E-state index in [0.717, 1.165) is 25.7 Å². The minimum atomic E-state index is -0.842. The molecular formula is C14H16O. The number of aliphatic hydroxyl groups is 1. The zero-order valence-electron chi connectivity index (χ0n) is 8.82. The molecule has 0 aliphatic heterocycles. The second-order valence-corrected chi connectivity index (χ2v) is 4.36. The molecule has 0 aromatic heterocycles. The van der Waals surface area contributed by atoms with Gasteiger partial charge in [0.1, 0.15) is 5.60 Å². The summed E-state index contributed by atoms with van der Waals surface area (Å²) in [4.78, 5) is 0. The molecule has 1 saturated carbocycles. The van der Waals surface area contributed by atoms with E-state index in [0.29, 0.717) is 5.92 Å². The van der Waals surface area contributed by atoms with Gasteiger partial charge in [-0.15, -0.1) is 6.42 Å². The van der Waals surface area contributed by atoms with Crippen LogP contribution in [0.4, 0.5) is 0 Å². The molecule has 0 spiro atoms. The van der Waals surface area contributed by atoms with Crippen LogP contribution in [0.2, 0.25) is 0 Å². The van der Waals surface area contributed by atoms with Crippen LogP contribution in [0.5, 0.6) is 0 Å². The van der Waals surface area contributed by atoms with Gasteiger partial charge < -0.3 is 5.11 Å². The van der Waals surface area contributed by atoms with Crippen molar-refractivity contribution >= 4 is 0 Å². The van der Waals surface area contributed by atoms with Crippen LogP contribution in [0.1, 0.15) is 37.2 Å². The van der Waals surface area contributed by atoms with Crippen molar-refractivity contribution in [2.45, 2.75) is 37.2 Å². The van der Waals surface area contributed by atoms with Crippen LogP contribution in [-0.2, 0) is 0 Å². The average molecular weight is 200 g/mol. The molecule has 78 valence electrons. The highest BCUT2D eigenvalue weighted by Crippen LogP contribution is 2.37. The van der Waals surface area contributed by atoms with Gasteiger partial charge in [-0.1, -0.05) is 36.3 Å². The minimum Gasteiger partial charge on any atom is -0.378 e. The van der Waals surface area contributed by atoms with Crippen LogP contribution in [0, 0.1) is 12.3 Å². The molecule has 1 aliphatic carbocycles. The van der Waals surface area contributed by atoms with Crippen molar-refractivity contribution in [3.05, 3.63) is 35.9 Å². The van der Waals surface area contributed by atoms with E-state index in [1.54, 1.807) is 0 Å². The Kier molecular flexibility index (Phi) is 2.79. The Morgan fingerprint density at radius 1 is 1.20 bits per heavy atom. The Morgan fingerprint density at radius 2 is 1.80 bits per heavy atom. The fourth-order valence-corrected chi connectivity index (χ4v) is 2.30. The maximum atomic E-state index is 9.91. The predicted octanol–water partition coefficient (Wildman–Crippen LogP) is 2.71. The normalized spacial score (nSPS) is 30.8. The highest BCUT2D eigenvalue weighted by Gasteiger charge is 2.31. The smallest absolute Gasteiger partial charge is 0.125 e. The number of rotatable bonds is 1. The molecule has 1 aromatic carbocycles. The number of hydrogen-bond acceptors (Lipinski definition) is 1. The Labute approximate surface area is 91.1 Å². The molecule has 0 bridgehead atoms. The van der Waals surface area contributed by atoms with Crippen molar-refractivity contribution in [2.75, 3.05) is 0 Å². The zero-order valence-corrected chi connectivity index (χ0v) is 8.82. The largest absolute Gasteiger partial charge is 0.378 e. The first-order chi connectivity index (χ1) is 7.23. The molecule has 0 radical (unpaired) electrons. The van der Waals surface area contributed by atoms with Gasteiger partial charge >= 0.3 is 0 Å². The molecule has 0 saturated heterocycles. The Morgan fingerprint density at radius 3 is 2.33 bits per heavy atom. The number of terminal acetylenes is 1. The first-order valence-corrected chi connectivity index (χ1v) is 5.49. The number of benzene rings is 1. The van der Waals surface area contributed by atoms with E-state index in [-0.39, 0.29) is 0 Å². The van der Waals surface area contributed by atoms with Gasteiger partial charge in [-0.3, -0.25) is 0 Å². The standard InChI is InChI=1S/C14H16O/c1-2-14(15)10-8-13(9-11-14)12-6-4-3-5-7-12/h1,3-7,13,15H,8-11H2. The summed E-state index contributed by atoms with van der Waals surface area (Å²) in [6.07, 6.45) is 8.75. The van der Waals surface area contributed by atoms with Crippen LogP contribution >= 0.6 is 0 Å². The SMILES string of the molecule is C#CC1(O)CCC(c2ccccc2)CC1. The van der Waals surface area contributed by atoms with Crippen molar-refractivity contribution in [1.29, 1.82) is 0 Å². The summed E-state index contributed by atoms with van der Waals surface area (Å²) in [6.45, 7) is 0. The summed E-state index contributed by atoms with van der Waals surface area (Å²) in [5.74, 6) is 3.08. The van der Waals surface area contributed by atoms with Crippen molar-refractivity contribution in [3.8, 4) is 12.3 Å². The first-order valence-electron chi connectivity index (χ1n) is 5.49. The van der Waals surface area contributed by atoms with Gasteiger partial charge in [-0.05, 0) is 37.2 Å². The highest BCUT2D eigenvalue weighted by atomic mass is 16.3. The molecule has 1 heteroatoms. The van der Waals surface area contributed by atoms with Crippen molar-refractivity contribution in [3.63, 3.8) is 0 Å². The van der Waals surface area contributed by atoms with Crippen LogP contribution in [0.15, 0.2) is 30.3 Å². The first kappa shape index (κ1) is 10.3. The van der Waals surface area contributed by atoms with Crippen molar-refractivity contribution in [1.82, 2.24) is 0 Å². The maximum absolute atomic E-state index is 9.91. The van der Waals surface area contributed by atoms with E-state index < -0.39 is 5.60 Å². The van der Waals surface area contributed by atoms with Gasteiger partial charge in [-0.2, -0.15) is 0 Å². The van der Waals surface area contributed by atoms with Crippen LogP contribution < -0.4 is 0 Å². The quantitative estimate of drug-likeness (QED) is 0.691. The van der Waals surface area contributed by atoms with Gasteiger partial charge in [0.05, 0.1) is 0 Å². The Bertz CT molecular complexity index is 353. The van der Waals surface area contributed by atoms with Gasteiger partial charge in [0.25, 0.3) is 0 Å². The third-order valence-corrected chi connectivity index (χ3v) is 3.35. The molecule has 2 rings (SSSR count). The molecular weight excluding hydrogens is 184 g/mol. The lowest BCUT2D eigenvalue weighted by atomic mass is 9.76. The third kappa shape index (κ3) is 2.22. The summed E-state index contributed by atoms with van der Waals surface area (Å²) < 4.78 is 0. The van der Waals surface area contributed by atoms with E-state index in [1.165, 1.54) is 5.56 Å². The fraction of sp³-hybridized carbons (Fsp3) is 0.429. The fourth-order valence-electron chi connectivity index (χ4n) is 2.30. The number of hydrogen-bond donors (Lipinski definition) is 1. The topological polar surface area (TPSA) is 20.2 Å². The molecule has 0 amide bonds. The lowest BCUT2D eigenvalue weighted by Gasteiger charge is -2.32. The molecule has 1 N–H and O–H groups in total. The van der Waals surface area contributed by atoms with Crippen LogP contribution in [0.3, 0.4) is 0 Å². The van der Waals surface area contributed by atoms with Gasteiger partial charge in [0, 0.05) is 0 Å². The lowest BCUT2D eigenvalue weighted by molar-refractivity contribution is 0.0550. The highest BCUT2D eigenvalue weighted by molar-refractivity contribution is 5.22. The minimum absolute atomic E-state index is 0.569. The zero-order chi connectivity index (χ0) is 10.7. The molecule has 0 unspecified atom stereocenters. The molecule has 1 fully saturated rings. The van der Waals surface area contributed by atoms with Crippen LogP contribution in [-0.4, -0.2) is 10.7 Å². The average Bonchev–Trinajstić information content (AvgIpc) is 2.31. The predicted molar refractivity (Wildman–Crippen MR) is 61.4 cm³/mol. The second-order valence-electron chi connectivity index (χ2n) is 4.36. The summed E-state index contributed by atoms with van der Waals surface area (Å²) >= 11 is 0. The van der Waals surface area contributed by atoms with E-state index >= 15 is 0 Å². The summed E-state index contributed by atoms with van der Waals surface area (Å²) in [6, 6.07) is 10.5. The van der Waals surface area contributed by atoms with Gasteiger partial charge in [-0.25, -0.2) is 0 Å². The van der Waals surface area contributed by atoms with Gasteiger partial charge in [0.15, 0.2) is 0 Å². The van der Waals surface area contributed by atoms with E-state index in [1.807, 2.05) is 6.07 Å². The Balaban J connectivity index is 2.04. The Hall–Kier alpha value is -1.26. The van der Waals surface area contributed by atoms with Crippen molar-refractivity contribution in [2.24, 2.45) is 0 Å². The molecule has 1 nitrogen and oxygen atoms in total. The van der Waals surface area contributed by atoms with E-state index in [4.69, 9.17) is 6.42 Å². The lowest BCUT2D eigenvalue weighted by Crippen LogP contribution is -2.31. The third-order valence-electron chi connectivity index (χ3n) is 3.35. The second kappa shape index (κ2) is 4.08. The molecule has 1 aliphatic rings. The summed E-state index contributed by atoms with van der Waals surface area (Å²) in [7, 11) is 0. The summed E-state index contributed by atoms with van der Waals surface area (Å²) in [5, 5.41) is 9.91. The van der Waals surface area contributed by atoms with Crippen molar-refractivity contribution < 1.29 is 5.11 Å². The molecule has 0 heterocycles. The van der Waals surface area contributed by atoms with Gasteiger partial charge in [0.2, 0.25) is 0 Å². The van der Waals surface area contributed by atoms with E-state index in [9.17, 15) is 5.11 Å². The maximum Gasteiger partial charge on any atom is 0.125 e. The summed E-state index contributed by atoms with van der Waals surface area (Å²) in [5.41, 5.74) is 0.530. The van der Waals surface area contributed by atoms with Crippen LogP contribution in [0.25, 0.3) is 0 Å². The van der Waals surface area contributed by atoms with E-state index in [2.05, 4.69) is 30.2 Å². The molecule has 0 atom stereocenters. The monoisotopic (exact) mass is 200 g/mol. The molecule has 15 heavy (non-hydrogen) atoms.